The van der Waals surface area contributed by atoms with Crippen LogP contribution < -0.4 is 52.5 Å². The van der Waals surface area contributed by atoms with E-state index in [1.165, 1.54) is 70.9 Å². The number of phosphoric ester groups is 1. The fourth-order valence-electron chi connectivity index (χ4n) is 11.4. The number of rotatable bonds is 53. The van der Waals surface area contributed by atoms with Gasteiger partial charge in [-0.15, -0.1) is 26.3 Å². The van der Waals surface area contributed by atoms with Gasteiger partial charge in [-0.3, -0.25) is 52.7 Å². The van der Waals surface area contributed by atoms with Crippen LogP contribution in [-0.2, 0) is 72.9 Å². The topological polar surface area (TPSA) is 398 Å². The normalized spacial score (nSPS) is 13.8. The second kappa shape index (κ2) is 70.2. The molecule has 0 fully saturated rings. The van der Waals surface area contributed by atoms with E-state index in [1.807, 2.05) is 87.2 Å². The number of unbranched alkanes of at least 4 members (excludes halogenated alkanes) is 10. The van der Waals surface area contributed by atoms with Gasteiger partial charge in [0, 0.05) is 0 Å². The highest BCUT2D eigenvalue weighted by Gasteiger charge is 2.30. The van der Waals surface area contributed by atoms with Crippen molar-refractivity contribution in [3.8, 4) is 5.75 Å². The van der Waals surface area contributed by atoms with E-state index in [1.54, 1.807) is 123 Å². The first-order valence-electron chi connectivity index (χ1n) is 41.4. The van der Waals surface area contributed by atoms with Gasteiger partial charge in [-0.1, -0.05) is 158 Å². The van der Waals surface area contributed by atoms with Crippen LogP contribution in [0.2, 0.25) is 0 Å². The number of hydrogen-bond acceptors (Lipinski definition) is 21. The maximum Gasteiger partial charge on any atom is 0.524 e. The van der Waals surface area contributed by atoms with Crippen LogP contribution in [0.5, 0.6) is 5.75 Å². The van der Waals surface area contributed by atoms with Gasteiger partial charge in [-0.25, -0.2) is 4.57 Å². The number of carbonyl (C=O) groups is 8. The number of phosphoric acid groups is 1. The minimum absolute atomic E-state index is 0. The van der Waals surface area contributed by atoms with Crippen molar-refractivity contribution >= 4 is 74.3 Å². The van der Waals surface area contributed by atoms with Gasteiger partial charge in [-0.05, 0) is 288 Å². The van der Waals surface area contributed by atoms with Crippen molar-refractivity contribution in [1.29, 1.82) is 0 Å². The molecule has 28 heteroatoms. The largest absolute Gasteiger partial charge is 0.524 e. The second-order valence-corrected chi connectivity index (χ2v) is 33.9. The maximum atomic E-state index is 11.4. The molecule has 0 aliphatic rings. The summed E-state index contributed by atoms with van der Waals surface area (Å²) < 4.78 is 25.9. The third-order valence-electron chi connectivity index (χ3n) is 20.9. The molecule has 3 rings (SSSR count). The molecule has 0 bridgehead atoms. The van der Waals surface area contributed by atoms with E-state index in [4.69, 9.17) is 29.6 Å². The Labute approximate surface area is 719 Å². The van der Waals surface area contributed by atoms with Gasteiger partial charge in [0.05, 0.1) is 52.5 Å². The average Bonchev–Trinajstić information content (AvgIpc) is 0.951. The van der Waals surface area contributed by atoms with Crippen LogP contribution in [-0.4, -0.2) is 186 Å². The smallest absolute Gasteiger partial charge is 0.423 e. The predicted molar refractivity (Wildman–Crippen MR) is 495 cm³/mol. The third kappa shape index (κ3) is 63.4. The van der Waals surface area contributed by atoms with Crippen LogP contribution in [0.3, 0.4) is 0 Å². The number of nitrogens with one attached hydrogen (secondary N) is 8. The van der Waals surface area contributed by atoms with E-state index in [0.717, 1.165) is 112 Å². The highest BCUT2D eigenvalue weighted by Crippen LogP contribution is 2.39. The minimum Gasteiger partial charge on any atom is -0.423 e. The van der Waals surface area contributed by atoms with Gasteiger partial charge < -0.3 is 66.9 Å². The maximum absolute atomic E-state index is 11.4. The lowest BCUT2D eigenvalue weighted by Crippen LogP contribution is -2.46. The van der Waals surface area contributed by atoms with Crippen LogP contribution >= 0.6 is 15.4 Å². The molecule has 0 aromatic heterocycles. The van der Waals surface area contributed by atoms with Crippen LogP contribution in [0, 0.1) is 5.92 Å². The first kappa shape index (κ1) is 124. The van der Waals surface area contributed by atoms with Crippen molar-refractivity contribution in [3.63, 3.8) is 0 Å². The molecule has 14 N–H and O–H groups in total. The number of allylic oxidation sites excluding steroid dienone is 4. The van der Waals surface area contributed by atoms with E-state index in [9.17, 15) is 47.5 Å². The molecule has 682 valence electrons. The van der Waals surface area contributed by atoms with Crippen LogP contribution in [0.4, 0.5) is 0 Å². The van der Waals surface area contributed by atoms with Crippen molar-refractivity contribution in [2.75, 3.05) is 56.4 Å². The number of carbonyl (C=O) groups excluding carboxylic acids is 8. The third-order valence-corrected chi connectivity index (χ3v) is 22.2. The lowest BCUT2D eigenvalue weighted by Gasteiger charge is -2.26. The molecule has 119 heavy (non-hydrogen) atoms. The summed E-state index contributed by atoms with van der Waals surface area (Å²) in [5, 5.41) is 42.0. The molecule has 0 amide bonds. The van der Waals surface area contributed by atoms with E-state index in [0.29, 0.717) is 30.3 Å². The molecule has 25 nitrogen and oxygen atoms in total. The summed E-state index contributed by atoms with van der Waals surface area (Å²) in [6, 6.07) is 19.5. The van der Waals surface area contributed by atoms with Gasteiger partial charge in [0.15, 0.2) is 0 Å². The summed E-state index contributed by atoms with van der Waals surface area (Å²) in [6.07, 6.45) is 31.9. The van der Waals surface area contributed by atoms with Crippen LogP contribution in [0.15, 0.2) is 123 Å². The zero-order valence-electron chi connectivity index (χ0n) is 76.3. The molecule has 0 saturated carbocycles. The summed E-state index contributed by atoms with van der Waals surface area (Å²) in [6.45, 7) is 39.8. The van der Waals surface area contributed by atoms with Crippen molar-refractivity contribution in [1.82, 2.24) is 42.5 Å². The van der Waals surface area contributed by atoms with E-state index < -0.39 is 22.5 Å². The van der Waals surface area contributed by atoms with Gasteiger partial charge >= 0.3 is 22.5 Å². The SMILES string of the molecule is C.C=CCCCCCC[C@@](C)(NC)C(C)=O.C=CCCCCCC[C@](C)(NC)C(C)=O.C=CCCC[C@@](C)(NC)C(C)=O.C=CCCC[C@](C)(NC)C(C)=O.CN[C@@H](CCCC(C)C)C(C)=O.CN[C@@H](Cc1ccc(B(O)O)cc1)C(C)=O.CN[C@@H](Cc1ccc(CP(=O)(O)O)cc1)C(C)=O.CN[C@@H](Cc1ccc(OP(=O)(O)O)cc1)C(C)=O. The predicted octanol–water partition coefficient (Wildman–Crippen LogP) is 13.7. The monoisotopic (exact) mass is 1710 g/mol. The zero-order valence-corrected chi connectivity index (χ0v) is 78.1. The standard InChI is InChI=1S/2C13H25NO.C12H18NO4P.C11H16BNO3.C11H16NO5P.C10H21NO.2C10H19NO.CH4/c2*1-5-6-7-8-9-10-11-13(3,14-4)12(2)15;1-9(14)12(13-2)7-10-3-5-11(6-4-10)8-18(15,16)17;1-8(14)11(13-2)7-9-3-5-10(6-4-9)12(15)16;1-8(13)11(12-2)7-9-3-5-10(6-4-9)17-18(14,15)16;1-8(2)6-5-7-10(11-4)9(3)12;2*1-5-6-7-8-10(3,11-4)9(2)12;/h2*5,14H,1,6-11H2,2-4H3;3-6,12-13H,7-8H2,1-2H3,(H2,15,16,17);3-6,11,13,15-16H,7H2,1-2H3;3-6,11-12H,7H2,1-2H3,(H2,14,15,16);8,10-11H,5-7H2,1-4H3;2*5,11H,1,6-8H2,2-4H3;1H4/t2*13-;12-;2*11-;3*10-;/m10000010./s1. The van der Waals surface area contributed by atoms with Crippen molar-refractivity contribution in [2.24, 2.45) is 5.92 Å². The molecule has 0 spiro atoms. The Kier molecular flexibility index (Phi) is 72.9. The summed E-state index contributed by atoms with van der Waals surface area (Å²) >= 11 is 0. The molecule has 0 unspecified atom stereocenters. The molecule has 3 aromatic carbocycles. The van der Waals surface area contributed by atoms with Gasteiger partial charge in [0.2, 0.25) is 0 Å². The fraction of sp³-hybridized carbons (Fsp3) is 0.626. The molecule has 3 aromatic rings. The fourth-order valence-corrected chi connectivity index (χ4v) is 12.4. The quantitative estimate of drug-likeness (QED) is 0.0108. The van der Waals surface area contributed by atoms with Gasteiger partial charge in [0.1, 0.15) is 52.0 Å². The first-order chi connectivity index (χ1) is 55.0. The highest BCUT2D eigenvalue weighted by molar-refractivity contribution is 7.50. The zero-order chi connectivity index (χ0) is 91.9. The summed E-state index contributed by atoms with van der Waals surface area (Å²) in [5.74, 6) is 2.15. The molecular weight excluding hydrogens is 1550 g/mol. The Bertz CT molecular complexity index is 3240. The number of ketones is 8. The Balaban J connectivity index is -0.000000308. The minimum atomic E-state index is -4.52. The van der Waals surface area contributed by atoms with Crippen molar-refractivity contribution in [2.45, 2.75) is 311 Å². The number of hydrogen-bond donors (Lipinski definition) is 14. The summed E-state index contributed by atoms with van der Waals surface area (Å²) in [4.78, 5) is 125. The lowest BCUT2D eigenvalue weighted by molar-refractivity contribution is -0.123. The highest BCUT2D eigenvalue weighted by atomic mass is 31.2. The molecule has 0 aliphatic carbocycles. The Morgan fingerprint density at radius 1 is 0.395 bits per heavy atom. The second-order valence-electron chi connectivity index (χ2n) is 31.1. The van der Waals surface area contributed by atoms with E-state index in [-0.39, 0.29) is 112 Å². The molecule has 0 aliphatic heterocycles. The Morgan fingerprint density at radius 3 is 0.891 bits per heavy atom. The van der Waals surface area contributed by atoms with E-state index >= 15 is 0 Å². The molecular formula is C91H163BN8O17P2. The van der Waals surface area contributed by atoms with Crippen LogP contribution in [0.1, 0.15) is 261 Å². The van der Waals surface area contributed by atoms with E-state index in [2.05, 4.69) is 87.2 Å². The molecule has 0 saturated heterocycles. The lowest BCUT2D eigenvalue weighted by atomic mass is 9.80. The van der Waals surface area contributed by atoms with Crippen molar-refractivity contribution in [3.05, 3.63) is 146 Å². The Morgan fingerprint density at radius 2 is 0.655 bits per heavy atom. The molecule has 0 heterocycles. The molecule has 8 atom stereocenters. The molecule has 0 radical (unpaired) electrons. The summed E-state index contributed by atoms with van der Waals surface area (Å²) in [5.41, 5.74) is 2.53. The van der Waals surface area contributed by atoms with Gasteiger partial charge in [-0.2, -0.15) is 0 Å². The average molecular weight is 1710 g/mol. The Hall–Kier alpha value is -6.26. The van der Waals surface area contributed by atoms with Crippen LogP contribution in [0.25, 0.3) is 0 Å². The number of likely N-dealkylation sites (N-methyl/N-ethyl adjacent to an activating group) is 8. The number of Topliss-reactive ketones (excluding diaryl/α,β-unsaturated/α-hetero) is 8. The van der Waals surface area contributed by atoms with Gasteiger partial charge in [0.25, 0.3) is 0 Å². The summed E-state index contributed by atoms with van der Waals surface area (Å²) in [7, 11) is 4.43. The van der Waals surface area contributed by atoms with Crippen molar-refractivity contribution < 1.29 is 81.6 Å². The number of benzene rings is 3. The first-order valence-corrected chi connectivity index (χ1v) is 44.7.